The number of nitrogens with one attached hydrogen (secondary N) is 1. The Morgan fingerprint density at radius 3 is 1.89 bits per heavy atom. The van der Waals surface area contributed by atoms with Crippen molar-refractivity contribution in [3.8, 4) is 0 Å². The molecule has 242 valence electrons. The van der Waals surface area contributed by atoms with Gasteiger partial charge in [0.25, 0.3) is 5.91 Å². The molecule has 5 rings (SSSR count). The van der Waals surface area contributed by atoms with Gasteiger partial charge in [0.15, 0.2) is 11.9 Å². The number of aliphatic hydroxyl groups excluding tert-OH is 1. The molecule has 0 bridgehead atoms. The van der Waals surface area contributed by atoms with Gasteiger partial charge in [0, 0.05) is 26.2 Å². The van der Waals surface area contributed by atoms with Crippen LogP contribution in [0.5, 0.6) is 0 Å². The molecule has 0 unspecified atom stereocenters. The zero-order chi connectivity index (χ0) is 31.7. The van der Waals surface area contributed by atoms with E-state index in [1.807, 2.05) is 112 Å². The second-order valence-electron chi connectivity index (χ2n) is 12.2. The predicted octanol–water partition coefficient (Wildman–Crippen LogP) is 4.08. The van der Waals surface area contributed by atoms with Gasteiger partial charge in [-0.1, -0.05) is 91.0 Å². The lowest BCUT2D eigenvalue weighted by Gasteiger charge is -2.44. The van der Waals surface area contributed by atoms with E-state index in [9.17, 15) is 9.90 Å². The fourth-order valence-corrected chi connectivity index (χ4v) is 6.11. The molecule has 2 fully saturated rings. The average molecular weight is 619 g/mol. The first-order valence-electron chi connectivity index (χ1n) is 15.8. The van der Waals surface area contributed by atoms with Crippen molar-refractivity contribution in [1.29, 1.82) is 0 Å². The van der Waals surface area contributed by atoms with Gasteiger partial charge < -0.3 is 39.0 Å². The summed E-state index contributed by atoms with van der Waals surface area (Å²) in [5.74, 6) is -1.39. The van der Waals surface area contributed by atoms with Crippen molar-refractivity contribution in [3.05, 3.63) is 108 Å². The number of nitrogens with zero attached hydrogens (tertiary/aromatic N) is 1. The molecule has 2 N–H and O–H groups in total. The fourth-order valence-electron chi connectivity index (χ4n) is 6.11. The van der Waals surface area contributed by atoms with E-state index >= 15 is 0 Å². The summed E-state index contributed by atoms with van der Waals surface area (Å²) >= 11 is 0. The number of benzene rings is 3. The Balaban J connectivity index is 1.52. The molecule has 0 radical (unpaired) electrons. The molecule has 2 heterocycles. The standard InChI is InChI=1S/C36H46N2O7/c1-27-36(45-35(2,3)44-27,26-41-23-28-13-7-4-8-14-28)33(43-25-30-17-11-6-12-18-30)32(42-24-29-15-9-5-10-16-29)31(39)34(40)38-21-19-37-20-22-38/h4-18,27,31-33,37,39H,19-26H2,1-3H3/t27-,31-,32-,33+,36-/m1/s1. The monoisotopic (exact) mass is 618 g/mol. The molecule has 0 saturated carbocycles. The van der Waals surface area contributed by atoms with Gasteiger partial charge in [-0.3, -0.25) is 4.79 Å². The van der Waals surface area contributed by atoms with Crippen LogP contribution < -0.4 is 5.32 Å². The van der Waals surface area contributed by atoms with Gasteiger partial charge in [-0.2, -0.15) is 0 Å². The van der Waals surface area contributed by atoms with Crippen LogP contribution in [0.25, 0.3) is 0 Å². The van der Waals surface area contributed by atoms with Crippen LogP contribution in [0.3, 0.4) is 0 Å². The van der Waals surface area contributed by atoms with Crippen LogP contribution >= 0.6 is 0 Å². The Morgan fingerprint density at radius 2 is 1.38 bits per heavy atom. The van der Waals surface area contributed by atoms with Gasteiger partial charge in [0.2, 0.25) is 0 Å². The van der Waals surface area contributed by atoms with Crippen molar-refractivity contribution in [3.63, 3.8) is 0 Å². The van der Waals surface area contributed by atoms with Gasteiger partial charge in [0.05, 0.1) is 32.5 Å². The molecular weight excluding hydrogens is 572 g/mol. The molecule has 3 aromatic carbocycles. The van der Waals surface area contributed by atoms with E-state index in [1.54, 1.807) is 4.90 Å². The largest absolute Gasteiger partial charge is 0.380 e. The first kappa shape index (κ1) is 33.2. The average Bonchev–Trinajstić information content (AvgIpc) is 3.31. The van der Waals surface area contributed by atoms with Gasteiger partial charge in [-0.05, 0) is 37.5 Å². The van der Waals surface area contributed by atoms with Crippen molar-refractivity contribution < 1.29 is 33.6 Å². The van der Waals surface area contributed by atoms with Crippen molar-refractivity contribution >= 4 is 5.91 Å². The number of hydrogen-bond acceptors (Lipinski definition) is 8. The molecule has 0 aliphatic carbocycles. The predicted molar refractivity (Wildman–Crippen MR) is 170 cm³/mol. The zero-order valence-corrected chi connectivity index (χ0v) is 26.5. The van der Waals surface area contributed by atoms with E-state index in [0.717, 1.165) is 16.7 Å². The Bertz CT molecular complexity index is 1320. The number of piperazine rings is 1. The minimum Gasteiger partial charge on any atom is -0.380 e. The minimum absolute atomic E-state index is 0.0751. The van der Waals surface area contributed by atoms with Crippen molar-refractivity contribution in [2.75, 3.05) is 32.8 Å². The maximum Gasteiger partial charge on any atom is 0.254 e. The van der Waals surface area contributed by atoms with Crippen molar-refractivity contribution in [2.45, 2.75) is 76.4 Å². The molecule has 9 heteroatoms. The summed E-state index contributed by atoms with van der Waals surface area (Å²) in [4.78, 5) is 15.5. The minimum atomic E-state index is -1.53. The summed E-state index contributed by atoms with van der Waals surface area (Å²) < 4.78 is 32.7. The Kier molecular flexibility index (Phi) is 11.4. The lowest BCUT2D eigenvalue weighted by Crippen LogP contribution is -2.64. The van der Waals surface area contributed by atoms with Crippen LogP contribution in [0.2, 0.25) is 0 Å². The number of rotatable bonds is 14. The van der Waals surface area contributed by atoms with E-state index in [0.29, 0.717) is 32.8 Å². The molecular formula is C36H46N2O7. The molecule has 0 aromatic heterocycles. The molecule has 1 amide bonds. The summed E-state index contributed by atoms with van der Waals surface area (Å²) in [6.07, 6.45) is -4.14. The van der Waals surface area contributed by atoms with Crippen molar-refractivity contribution in [1.82, 2.24) is 10.2 Å². The van der Waals surface area contributed by atoms with Gasteiger partial charge in [-0.25, -0.2) is 0 Å². The second-order valence-corrected chi connectivity index (χ2v) is 12.2. The number of aliphatic hydroxyl groups is 1. The number of carbonyl (C=O) groups excluding carboxylic acids is 1. The Morgan fingerprint density at radius 1 is 0.867 bits per heavy atom. The summed E-state index contributed by atoms with van der Waals surface area (Å²) in [6.45, 7) is 8.66. The summed E-state index contributed by atoms with van der Waals surface area (Å²) in [6, 6.07) is 29.3. The third kappa shape index (κ3) is 8.56. The van der Waals surface area contributed by atoms with Crippen LogP contribution in [-0.2, 0) is 48.3 Å². The van der Waals surface area contributed by atoms with Crippen LogP contribution in [0.1, 0.15) is 37.5 Å². The number of carbonyl (C=O) groups is 1. The van der Waals surface area contributed by atoms with Crippen LogP contribution in [0.4, 0.5) is 0 Å². The molecule has 5 atom stereocenters. The van der Waals surface area contributed by atoms with Crippen LogP contribution in [0, 0.1) is 0 Å². The first-order chi connectivity index (χ1) is 21.8. The Labute approximate surface area is 266 Å². The van der Waals surface area contributed by atoms with Gasteiger partial charge in [0.1, 0.15) is 17.8 Å². The molecule has 2 saturated heterocycles. The fraction of sp³-hybridized carbons (Fsp3) is 0.472. The maximum absolute atomic E-state index is 13.9. The summed E-state index contributed by atoms with van der Waals surface area (Å²) in [5, 5.41) is 15.2. The van der Waals surface area contributed by atoms with Crippen LogP contribution in [-0.4, -0.2) is 84.5 Å². The first-order valence-corrected chi connectivity index (χ1v) is 15.8. The van der Waals surface area contributed by atoms with Gasteiger partial charge in [-0.15, -0.1) is 0 Å². The molecule has 2 aliphatic heterocycles. The summed E-state index contributed by atoms with van der Waals surface area (Å²) in [5.41, 5.74) is 1.60. The number of hydrogen-bond donors (Lipinski definition) is 2. The van der Waals surface area contributed by atoms with E-state index < -0.39 is 41.7 Å². The topological polar surface area (TPSA) is 98.7 Å². The number of amides is 1. The Hall–Kier alpha value is -3.15. The van der Waals surface area contributed by atoms with Gasteiger partial charge >= 0.3 is 0 Å². The highest BCUT2D eigenvalue weighted by atomic mass is 16.8. The highest BCUT2D eigenvalue weighted by molar-refractivity contribution is 5.81. The molecule has 3 aromatic rings. The lowest BCUT2D eigenvalue weighted by molar-refractivity contribution is -0.246. The molecule has 45 heavy (non-hydrogen) atoms. The second kappa shape index (κ2) is 15.4. The SMILES string of the molecule is C[C@H]1OC(C)(C)O[C@@]1(COCc1ccccc1)[C@@H](OCc1ccccc1)[C@H](OCc1ccccc1)[C@@H](O)C(=O)N1CCNCC1. The zero-order valence-electron chi connectivity index (χ0n) is 26.5. The lowest BCUT2D eigenvalue weighted by atomic mass is 9.85. The highest BCUT2D eigenvalue weighted by Crippen LogP contribution is 2.43. The van der Waals surface area contributed by atoms with E-state index in [4.69, 9.17) is 23.7 Å². The third-order valence-electron chi connectivity index (χ3n) is 8.35. The van der Waals surface area contributed by atoms with Crippen LogP contribution in [0.15, 0.2) is 91.0 Å². The van der Waals surface area contributed by atoms with E-state index in [1.165, 1.54) is 0 Å². The molecule has 0 spiro atoms. The molecule has 9 nitrogen and oxygen atoms in total. The maximum atomic E-state index is 13.9. The number of ether oxygens (including phenoxy) is 5. The van der Waals surface area contributed by atoms with E-state index in [2.05, 4.69) is 5.32 Å². The van der Waals surface area contributed by atoms with Crippen molar-refractivity contribution in [2.24, 2.45) is 0 Å². The van der Waals surface area contributed by atoms with E-state index in [-0.39, 0.29) is 19.8 Å². The normalized spacial score (nSPS) is 23.4. The smallest absolute Gasteiger partial charge is 0.254 e. The quantitative estimate of drug-likeness (QED) is 0.279. The highest BCUT2D eigenvalue weighted by Gasteiger charge is 2.60. The molecule has 2 aliphatic rings. The third-order valence-corrected chi connectivity index (χ3v) is 8.35. The summed E-state index contributed by atoms with van der Waals surface area (Å²) in [7, 11) is 0.